The number of nitriles is 1. The Bertz CT molecular complexity index is 423. The topological polar surface area (TPSA) is 52.9 Å². The van der Waals surface area contributed by atoms with Crippen LogP contribution >= 0.6 is 11.3 Å². The largest absolute Gasteiger partial charge is 0.336 e. The van der Waals surface area contributed by atoms with Crippen LogP contribution in [-0.2, 0) is 12.8 Å². The fourth-order valence-corrected chi connectivity index (χ4v) is 3.05. The number of amides is 1. The minimum atomic E-state index is -0.371. The van der Waals surface area contributed by atoms with Gasteiger partial charge in [-0.3, -0.25) is 4.79 Å². The van der Waals surface area contributed by atoms with Gasteiger partial charge in [-0.05, 0) is 37.3 Å². The summed E-state index contributed by atoms with van der Waals surface area (Å²) >= 11 is 1.57. The molecule has 1 heterocycles. The summed E-state index contributed by atoms with van der Waals surface area (Å²) in [6.07, 6.45) is 4.05. The van der Waals surface area contributed by atoms with E-state index in [2.05, 4.69) is 11.4 Å². The molecule has 4 heteroatoms. The van der Waals surface area contributed by atoms with Crippen molar-refractivity contribution in [3.05, 3.63) is 21.4 Å². The van der Waals surface area contributed by atoms with E-state index in [1.165, 1.54) is 16.9 Å². The van der Waals surface area contributed by atoms with Crippen LogP contribution in [0.5, 0.6) is 0 Å². The summed E-state index contributed by atoms with van der Waals surface area (Å²) in [7, 11) is 0. The average Bonchev–Trinajstić information content (AvgIpc) is 2.85. The molecule has 0 aliphatic heterocycles. The molecule has 0 spiro atoms. The minimum absolute atomic E-state index is 0.104. The number of carbonyl (C=O) groups excluding carboxylic acids is 1. The van der Waals surface area contributed by atoms with Gasteiger partial charge in [0.2, 0.25) is 0 Å². The van der Waals surface area contributed by atoms with E-state index in [-0.39, 0.29) is 11.9 Å². The third-order valence-corrected chi connectivity index (χ3v) is 4.08. The van der Waals surface area contributed by atoms with Gasteiger partial charge in [0.25, 0.3) is 5.91 Å². The maximum absolute atomic E-state index is 11.8. The van der Waals surface area contributed by atoms with Crippen LogP contribution in [0.1, 0.15) is 39.9 Å². The van der Waals surface area contributed by atoms with Crippen LogP contribution in [0.4, 0.5) is 0 Å². The number of thiophene rings is 1. The molecule has 0 radical (unpaired) electrons. The van der Waals surface area contributed by atoms with Gasteiger partial charge in [0.05, 0.1) is 10.9 Å². The first kappa shape index (κ1) is 11.2. The molecule has 1 unspecified atom stereocenters. The highest BCUT2D eigenvalue weighted by atomic mass is 32.1. The van der Waals surface area contributed by atoms with Crippen LogP contribution in [0.15, 0.2) is 6.07 Å². The summed E-state index contributed by atoms with van der Waals surface area (Å²) in [5, 5.41) is 11.5. The first-order valence-corrected chi connectivity index (χ1v) is 6.38. The smallest absolute Gasteiger partial charge is 0.262 e. The van der Waals surface area contributed by atoms with Crippen molar-refractivity contribution in [3.8, 4) is 6.07 Å². The van der Waals surface area contributed by atoms with Crippen LogP contribution < -0.4 is 5.32 Å². The van der Waals surface area contributed by atoms with Crippen molar-refractivity contribution in [1.29, 1.82) is 5.26 Å². The van der Waals surface area contributed by atoms with Crippen molar-refractivity contribution in [3.63, 3.8) is 0 Å². The molecule has 1 aliphatic rings. The molecule has 84 valence electrons. The van der Waals surface area contributed by atoms with E-state index < -0.39 is 0 Å². The maximum Gasteiger partial charge on any atom is 0.262 e. The van der Waals surface area contributed by atoms with Gasteiger partial charge >= 0.3 is 0 Å². The van der Waals surface area contributed by atoms with Crippen LogP contribution in [0.25, 0.3) is 0 Å². The van der Waals surface area contributed by atoms with Crippen molar-refractivity contribution >= 4 is 17.2 Å². The molecular formula is C12H14N2OS. The number of aryl methyl sites for hydroxylation is 2. The van der Waals surface area contributed by atoms with E-state index in [0.717, 1.165) is 17.7 Å². The molecule has 1 aromatic rings. The lowest BCUT2D eigenvalue weighted by atomic mass is 10.2. The Balaban J connectivity index is 2.07. The molecule has 1 amide bonds. The first-order chi connectivity index (χ1) is 7.74. The number of nitrogens with zero attached hydrogens (tertiary/aromatic N) is 1. The molecule has 1 N–H and O–H groups in total. The summed E-state index contributed by atoms with van der Waals surface area (Å²) in [4.78, 5) is 13.9. The standard InChI is InChI=1S/C12H14N2OS/c1-2-9(7-13)14-12(15)11-6-8-4-3-5-10(8)16-11/h6,9H,2-5H2,1H3,(H,14,15). The molecule has 0 fully saturated rings. The molecular weight excluding hydrogens is 220 g/mol. The zero-order valence-corrected chi connectivity index (χ0v) is 10.1. The first-order valence-electron chi connectivity index (χ1n) is 5.56. The Morgan fingerprint density at radius 3 is 3.12 bits per heavy atom. The van der Waals surface area contributed by atoms with E-state index in [9.17, 15) is 4.79 Å². The van der Waals surface area contributed by atoms with Gasteiger partial charge in [0.1, 0.15) is 6.04 Å². The Kier molecular flexibility index (Phi) is 3.25. The van der Waals surface area contributed by atoms with E-state index in [1.54, 1.807) is 11.3 Å². The lowest BCUT2D eigenvalue weighted by Crippen LogP contribution is -2.32. The fourth-order valence-electron chi connectivity index (χ4n) is 1.90. The van der Waals surface area contributed by atoms with Gasteiger partial charge in [-0.1, -0.05) is 6.92 Å². The van der Waals surface area contributed by atoms with E-state index in [1.807, 2.05) is 13.0 Å². The molecule has 0 aromatic carbocycles. The second-order valence-electron chi connectivity index (χ2n) is 3.98. The van der Waals surface area contributed by atoms with Crippen molar-refractivity contribution in [2.24, 2.45) is 0 Å². The maximum atomic E-state index is 11.8. The van der Waals surface area contributed by atoms with Gasteiger partial charge in [0, 0.05) is 4.88 Å². The highest BCUT2D eigenvalue weighted by Gasteiger charge is 2.19. The zero-order valence-electron chi connectivity index (χ0n) is 9.25. The van der Waals surface area contributed by atoms with Gasteiger partial charge in [-0.2, -0.15) is 5.26 Å². The summed E-state index contributed by atoms with van der Waals surface area (Å²) in [6.45, 7) is 1.89. The third kappa shape index (κ3) is 2.10. The van der Waals surface area contributed by atoms with E-state index in [0.29, 0.717) is 6.42 Å². The zero-order chi connectivity index (χ0) is 11.5. The lowest BCUT2D eigenvalue weighted by molar-refractivity contribution is 0.0948. The molecule has 0 saturated carbocycles. The van der Waals surface area contributed by atoms with Crippen LogP contribution in [-0.4, -0.2) is 11.9 Å². The van der Waals surface area contributed by atoms with E-state index >= 15 is 0 Å². The number of rotatable bonds is 3. The highest BCUT2D eigenvalue weighted by molar-refractivity contribution is 7.14. The van der Waals surface area contributed by atoms with Crippen LogP contribution in [0, 0.1) is 11.3 Å². The van der Waals surface area contributed by atoms with Crippen molar-refractivity contribution < 1.29 is 4.79 Å². The molecule has 16 heavy (non-hydrogen) atoms. The van der Waals surface area contributed by atoms with Crippen molar-refractivity contribution in [2.45, 2.75) is 38.6 Å². The quantitative estimate of drug-likeness (QED) is 0.872. The van der Waals surface area contributed by atoms with Crippen molar-refractivity contribution in [1.82, 2.24) is 5.32 Å². The number of hydrogen-bond acceptors (Lipinski definition) is 3. The van der Waals surface area contributed by atoms with Gasteiger partial charge < -0.3 is 5.32 Å². The number of nitrogens with one attached hydrogen (secondary N) is 1. The predicted molar refractivity (Wildman–Crippen MR) is 63.5 cm³/mol. The fraction of sp³-hybridized carbons (Fsp3) is 0.500. The Morgan fingerprint density at radius 1 is 1.69 bits per heavy atom. The van der Waals surface area contributed by atoms with Crippen LogP contribution in [0.2, 0.25) is 0 Å². The minimum Gasteiger partial charge on any atom is -0.336 e. The molecule has 0 bridgehead atoms. The second-order valence-corrected chi connectivity index (χ2v) is 5.11. The third-order valence-electron chi connectivity index (χ3n) is 2.84. The molecule has 1 aliphatic carbocycles. The second kappa shape index (κ2) is 4.67. The summed E-state index contributed by atoms with van der Waals surface area (Å²) in [5.74, 6) is -0.104. The highest BCUT2D eigenvalue weighted by Crippen LogP contribution is 2.30. The molecule has 2 rings (SSSR count). The number of carbonyl (C=O) groups is 1. The normalized spacial score (nSPS) is 15.2. The SMILES string of the molecule is CCC(C#N)NC(=O)c1cc2c(s1)CCC2. The van der Waals surface area contributed by atoms with E-state index in [4.69, 9.17) is 5.26 Å². The van der Waals surface area contributed by atoms with Crippen LogP contribution in [0.3, 0.4) is 0 Å². The predicted octanol–water partition coefficient (Wildman–Crippen LogP) is 2.27. The van der Waals surface area contributed by atoms with Gasteiger partial charge in [-0.15, -0.1) is 11.3 Å². The summed E-state index contributed by atoms with van der Waals surface area (Å²) in [6, 6.07) is 3.68. The molecule has 1 aromatic heterocycles. The lowest BCUT2D eigenvalue weighted by Gasteiger charge is -2.07. The number of hydrogen-bond donors (Lipinski definition) is 1. The Morgan fingerprint density at radius 2 is 2.50 bits per heavy atom. The molecule has 1 atom stereocenters. The summed E-state index contributed by atoms with van der Waals surface area (Å²) in [5.41, 5.74) is 1.32. The Hall–Kier alpha value is -1.34. The number of fused-ring (bicyclic) bond motifs is 1. The van der Waals surface area contributed by atoms with Gasteiger partial charge in [0.15, 0.2) is 0 Å². The Labute approximate surface area is 99.1 Å². The van der Waals surface area contributed by atoms with Crippen molar-refractivity contribution in [2.75, 3.05) is 0 Å². The van der Waals surface area contributed by atoms with Gasteiger partial charge in [-0.25, -0.2) is 0 Å². The monoisotopic (exact) mass is 234 g/mol. The average molecular weight is 234 g/mol. The molecule has 0 saturated heterocycles. The molecule has 3 nitrogen and oxygen atoms in total. The summed E-state index contributed by atoms with van der Waals surface area (Å²) < 4.78 is 0.